The van der Waals surface area contributed by atoms with Crippen molar-refractivity contribution in [1.82, 2.24) is 5.32 Å². The Hall–Kier alpha value is -2.01. The number of nitrogens with one attached hydrogen (secondary N) is 1. The van der Waals surface area contributed by atoms with Crippen LogP contribution in [0.15, 0.2) is 24.3 Å². The third kappa shape index (κ3) is 6.31. The minimum absolute atomic E-state index is 0.141. The van der Waals surface area contributed by atoms with E-state index in [-0.39, 0.29) is 12.5 Å². The molecule has 0 bridgehead atoms. The minimum Gasteiger partial charge on any atom is -0.483 e. The summed E-state index contributed by atoms with van der Waals surface area (Å²) >= 11 is 6.01. The first kappa shape index (κ1) is 17.0. The third-order valence-electron chi connectivity index (χ3n) is 2.62. The topological polar surface area (TPSA) is 75.6 Å². The summed E-state index contributed by atoms with van der Waals surface area (Å²) in [5, 5.41) is 11.7. The van der Waals surface area contributed by atoms with Crippen LogP contribution in [0.1, 0.15) is 25.3 Å². The lowest BCUT2D eigenvalue weighted by Gasteiger charge is -2.10. The first-order valence-corrected chi connectivity index (χ1v) is 7.01. The second-order valence-electron chi connectivity index (χ2n) is 4.32. The molecular formula is C15H18ClNO4. The zero-order valence-corrected chi connectivity index (χ0v) is 12.5. The normalized spacial score (nSPS) is 10.6. The molecule has 0 unspecified atom stereocenters. The zero-order chi connectivity index (χ0) is 15.7. The Labute approximate surface area is 128 Å². The highest BCUT2D eigenvalue weighted by molar-refractivity contribution is 6.32. The highest BCUT2D eigenvalue weighted by atomic mass is 35.5. The number of aliphatic carboxylic acids is 1. The molecule has 1 aromatic carbocycles. The lowest BCUT2D eigenvalue weighted by atomic mass is 10.2. The van der Waals surface area contributed by atoms with Crippen LogP contribution >= 0.6 is 11.6 Å². The van der Waals surface area contributed by atoms with Gasteiger partial charge in [-0.2, -0.15) is 0 Å². The standard InChI is InChI=1S/C15H18ClNO4/c1-2-3-9-17-14(18)10-21-13-6-4-5-12(16)11(13)7-8-15(19)20/h4-8H,2-3,9-10H2,1H3,(H,17,18)(H,19,20)/b8-7+. The summed E-state index contributed by atoms with van der Waals surface area (Å²) in [6, 6.07) is 4.93. The number of amides is 1. The van der Waals surface area contributed by atoms with Gasteiger partial charge in [0.05, 0.1) is 5.02 Å². The first-order chi connectivity index (χ1) is 10.0. The van der Waals surface area contributed by atoms with Crippen LogP contribution in [0.5, 0.6) is 5.75 Å². The van der Waals surface area contributed by atoms with Gasteiger partial charge in [-0.1, -0.05) is 31.0 Å². The summed E-state index contributed by atoms with van der Waals surface area (Å²) in [7, 11) is 0. The van der Waals surface area contributed by atoms with E-state index in [0.717, 1.165) is 18.9 Å². The SMILES string of the molecule is CCCCNC(=O)COc1cccc(Cl)c1/C=C/C(=O)O. The number of hydrogen-bond acceptors (Lipinski definition) is 3. The summed E-state index contributed by atoms with van der Waals surface area (Å²) in [6.07, 6.45) is 4.22. The quantitative estimate of drug-likeness (QED) is 0.572. The van der Waals surface area contributed by atoms with Crippen molar-refractivity contribution in [2.45, 2.75) is 19.8 Å². The monoisotopic (exact) mass is 311 g/mol. The molecule has 1 rings (SSSR count). The van der Waals surface area contributed by atoms with Crippen molar-refractivity contribution in [3.05, 3.63) is 34.9 Å². The lowest BCUT2D eigenvalue weighted by Crippen LogP contribution is -2.29. The van der Waals surface area contributed by atoms with Gasteiger partial charge in [0, 0.05) is 18.2 Å². The number of rotatable bonds is 8. The number of carboxylic acids is 1. The van der Waals surface area contributed by atoms with E-state index in [2.05, 4.69) is 5.32 Å². The number of carboxylic acid groups (broad SMARTS) is 1. The molecule has 1 amide bonds. The number of carbonyl (C=O) groups excluding carboxylic acids is 1. The van der Waals surface area contributed by atoms with Gasteiger partial charge < -0.3 is 15.2 Å². The number of halogens is 1. The summed E-state index contributed by atoms with van der Waals surface area (Å²) in [4.78, 5) is 22.1. The van der Waals surface area contributed by atoms with Gasteiger partial charge >= 0.3 is 5.97 Å². The van der Waals surface area contributed by atoms with Gasteiger partial charge in [0.15, 0.2) is 6.61 Å². The smallest absolute Gasteiger partial charge is 0.328 e. The maximum absolute atomic E-state index is 11.6. The van der Waals surface area contributed by atoms with Crippen LogP contribution in [-0.4, -0.2) is 30.1 Å². The molecule has 0 fully saturated rings. The average Bonchev–Trinajstić information content (AvgIpc) is 2.44. The van der Waals surface area contributed by atoms with Gasteiger partial charge in [0.1, 0.15) is 5.75 Å². The Bertz CT molecular complexity index is 528. The van der Waals surface area contributed by atoms with Gasteiger partial charge in [-0.05, 0) is 24.6 Å². The molecule has 0 spiro atoms. The Morgan fingerprint density at radius 2 is 2.19 bits per heavy atom. The molecule has 0 aliphatic carbocycles. The van der Waals surface area contributed by atoms with Crippen LogP contribution in [0.3, 0.4) is 0 Å². The van der Waals surface area contributed by atoms with Crippen molar-refractivity contribution in [1.29, 1.82) is 0 Å². The van der Waals surface area contributed by atoms with Crippen molar-refractivity contribution in [2.24, 2.45) is 0 Å². The molecule has 0 radical (unpaired) electrons. The first-order valence-electron chi connectivity index (χ1n) is 6.63. The summed E-state index contributed by atoms with van der Waals surface area (Å²) in [5.74, 6) is -0.944. The van der Waals surface area contributed by atoms with Crippen LogP contribution in [0.2, 0.25) is 5.02 Å². The van der Waals surface area contributed by atoms with Crippen LogP contribution in [-0.2, 0) is 9.59 Å². The third-order valence-corrected chi connectivity index (χ3v) is 2.95. The maximum Gasteiger partial charge on any atom is 0.328 e. The van der Waals surface area contributed by atoms with E-state index in [1.165, 1.54) is 6.08 Å². The molecule has 0 saturated carbocycles. The number of benzene rings is 1. The van der Waals surface area contributed by atoms with Crippen molar-refractivity contribution in [3.8, 4) is 5.75 Å². The van der Waals surface area contributed by atoms with Crippen LogP contribution in [0.25, 0.3) is 6.08 Å². The predicted octanol–water partition coefficient (Wildman–Crippen LogP) is 2.73. The predicted molar refractivity (Wildman–Crippen MR) is 81.5 cm³/mol. The molecule has 6 heteroatoms. The fourth-order valence-corrected chi connectivity index (χ4v) is 1.79. The van der Waals surface area contributed by atoms with Crippen molar-refractivity contribution >= 4 is 29.6 Å². The number of carbonyl (C=O) groups is 2. The van der Waals surface area contributed by atoms with Crippen LogP contribution in [0, 0.1) is 0 Å². The van der Waals surface area contributed by atoms with E-state index < -0.39 is 5.97 Å². The molecule has 21 heavy (non-hydrogen) atoms. The Balaban J connectivity index is 2.68. The highest BCUT2D eigenvalue weighted by Gasteiger charge is 2.08. The maximum atomic E-state index is 11.6. The van der Waals surface area contributed by atoms with Crippen LogP contribution < -0.4 is 10.1 Å². The number of ether oxygens (including phenoxy) is 1. The molecule has 0 aliphatic rings. The zero-order valence-electron chi connectivity index (χ0n) is 11.8. The summed E-state index contributed by atoms with van der Waals surface area (Å²) in [5.41, 5.74) is 0.433. The Morgan fingerprint density at radius 3 is 2.86 bits per heavy atom. The molecule has 0 atom stereocenters. The van der Waals surface area contributed by atoms with Gasteiger partial charge in [-0.15, -0.1) is 0 Å². The van der Waals surface area contributed by atoms with Crippen molar-refractivity contribution in [2.75, 3.05) is 13.2 Å². The number of unbranched alkanes of at least 4 members (excludes halogenated alkanes) is 1. The van der Waals surface area contributed by atoms with E-state index >= 15 is 0 Å². The Kier molecular flexibility index (Phi) is 7.32. The largest absolute Gasteiger partial charge is 0.483 e. The van der Waals surface area contributed by atoms with Crippen LogP contribution in [0.4, 0.5) is 0 Å². The summed E-state index contributed by atoms with van der Waals surface area (Å²) in [6.45, 7) is 2.51. The van der Waals surface area contributed by atoms with E-state index in [1.54, 1.807) is 18.2 Å². The van der Waals surface area contributed by atoms with E-state index in [9.17, 15) is 9.59 Å². The van der Waals surface area contributed by atoms with Gasteiger partial charge in [0.25, 0.3) is 5.91 Å². The van der Waals surface area contributed by atoms with Crippen molar-refractivity contribution < 1.29 is 19.4 Å². The van der Waals surface area contributed by atoms with Gasteiger partial charge in [0.2, 0.25) is 0 Å². The van der Waals surface area contributed by atoms with E-state index in [4.69, 9.17) is 21.4 Å². The molecule has 0 aromatic heterocycles. The van der Waals surface area contributed by atoms with E-state index in [1.807, 2.05) is 6.92 Å². The lowest BCUT2D eigenvalue weighted by molar-refractivity contribution is -0.131. The number of hydrogen-bond donors (Lipinski definition) is 2. The van der Waals surface area contributed by atoms with E-state index in [0.29, 0.717) is 22.9 Å². The molecule has 5 nitrogen and oxygen atoms in total. The molecule has 0 aliphatic heterocycles. The van der Waals surface area contributed by atoms with Gasteiger partial charge in [-0.25, -0.2) is 4.79 Å². The highest BCUT2D eigenvalue weighted by Crippen LogP contribution is 2.27. The molecular weight excluding hydrogens is 294 g/mol. The molecule has 1 aromatic rings. The second-order valence-corrected chi connectivity index (χ2v) is 4.72. The summed E-state index contributed by atoms with van der Waals surface area (Å²) < 4.78 is 5.40. The van der Waals surface area contributed by atoms with Crippen molar-refractivity contribution in [3.63, 3.8) is 0 Å². The fraction of sp³-hybridized carbons (Fsp3) is 0.333. The average molecular weight is 312 g/mol. The minimum atomic E-state index is -1.09. The van der Waals surface area contributed by atoms with Gasteiger partial charge in [-0.3, -0.25) is 4.79 Å². The molecule has 0 heterocycles. The Morgan fingerprint density at radius 1 is 1.43 bits per heavy atom. The fourth-order valence-electron chi connectivity index (χ4n) is 1.56. The molecule has 2 N–H and O–H groups in total. The second kappa shape index (κ2) is 9.02. The molecule has 114 valence electrons. The molecule has 0 saturated heterocycles.